The van der Waals surface area contributed by atoms with Crippen molar-refractivity contribution >= 4 is 5.91 Å². The third-order valence-electron chi connectivity index (χ3n) is 3.47. The maximum Gasteiger partial charge on any atom is 0.253 e. The van der Waals surface area contributed by atoms with Gasteiger partial charge in [-0.2, -0.15) is 4.98 Å². The molecule has 0 N–H and O–H groups in total. The zero-order valence-corrected chi connectivity index (χ0v) is 12.1. The van der Waals surface area contributed by atoms with E-state index < -0.39 is 0 Å². The van der Waals surface area contributed by atoms with Gasteiger partial charge in [-0.15, -0.1) is 0 Å². The summed E-state index contributed by atoms with van der Waals surface area (Å²) in [7, 11) is 0. The minimum atomic E-state index is 0.0190. The minimum Gasteiger partial charge on any atom is -0.494 e. The number of carbonyl (C=O) groups is 1. The lowest BCUT2D eigenvalue weighted by atomic mass is 9.99. The van der Waals surface area contributed by atoms with Crippen LogP contribution in [0, 0.1) is 6.92 Å². The van der Waals surface area contributed by atoms with Crippen molar-refractivity contribution in [3.63, 3.8) is 0 Å². The zero-order valence-electron chi connectivity index (χ0n) is 12.1. The number of aryl methyl sites for hydroxylation is 1. The van der Waals surface area contributed by atoms with Gasteiger partial charge in [-0.05, 0) is 38.1 Å². The number of aromatic nitrogens is 2. The Bertz CT molecular complexity index is 630. The minimum absolute atomic E-state index is 0.0190. The van der Waals surface area contributed by atoms with Gasteiger partial charge in [0.25, 0.3) is 5.91 Å². The summed E-state index contributed by atoms with van der Waals surface area (Å²) in [4.78, 5) is 18.3. The van der Waals surface area contributed by atoms with Crippen LogP contribution >= 0.6 is 0 Å². The van der Waals surface area contributed by atoms with E-state index in [1.54, 1.807) is 24.0 Å². The van der Waals surface area contributed by atoms with Gasteiger partial charge in [-0.25, -0.2) is 0 Å². The Hall–Kier alpha value is -2.37. The summed E-state index contributed by atoms with van der Waals surface area (Å²) < 4.78 is 10.5. The molecule has 21 heavy (non-hydrogen) atoms. The molecule has 3 rings (SSSR count). The van der Waals surface area contributed by atoms with Gasteiger partial charge in [0.2, 0.25) is 5.89 Å². The lowest BCUT2D eigenvalue weighted by Crippen LogP contribution is -2.48. The molecular formula is C15H17N3O3. The molecule has 0 atom stereocenters. The van der Waals surface area contributed by atoms with Crippen molar-refractivity contribution in [3.05, 3.63) is 41.5 Å². The molecule has 110 valence electrons. The van der Waals surface area contributed by atoms with Crippen molar-refractivity contribution < 1.29 is 14.1 Å². The molecule has 1 aromatic carbocycles. The van der Waals surface area contributed by atoms with E-state index in [-0.39, 0.29) is 11.8 Å². The van der Waals surface area contributed by atoms with Crippen LogP contribution in [0.15, 0.2) is 28.8 Å². The number of amides is 1. The molecule has 1 aliphatic rings. The number of ether oxygens (including phenoxy) is 1. The fourth-order valence-corrected chi connectivity index (χ4v) is 2.32. The topological polar surface area (TPSA) is 68.5 Å². The van der Waals surface area contributed by atoms with Crippen LogP contribution < -0.4 is 4.74 Å². The van der Waals surface area contributed by atoms with Gasteiger partial charge in [0, 0.05) is 18.7 Å². The van der Waals surface area contributed by atoms with E-state index in [4.69, 9.17) is 9.26 Å². The molecule has 1 aromatic heterocycles. The molecule has 2 heterocycles. The van der Waals surface area contributed by atoms with Gasteiger partial charge in [-0.1, -0.05) is 5.16 Å². The van der Waals surface area contributed by atoms with Gasteiger partial charge in [0.05, 0.1) is 12.5 Å². The predicted molar refractivity (Wildman–Crippen MR) is 75.3 cm³/mol. The van der Waals surface area contributed by atoms with Crippen LogP contribution in [0.25, 0.3) is 0 Å². The standard InChI is InChI=1S/C15H17N3O3/c1-3-20-13-6-4-11(5-7-13)15(19)18-8-12(9-18)14-16-10(2)17-21-14/h4-7,12H,3,8-9H2,1-2H3. The van der Waals surface area contributed by atoms with Crippen molar-refractivity contribution in [1.29, 1.82) is 0 Å². The Kier molecular flexibility index (Phi) is 3.60. The summed E-state index contributed by atoms with van der Waals surface area (Å²) in [5.41, 5.74) is 0.665. The molecule has 0 aliphatic carbocycles. The van der Waals surface area contributed by atoms with E-state index in [2.05, 4.69) is 10.1 Å². The van der Waals surface area contributed by atoms with E-state index in [0.29, 0.717) is 37.0 Å². The summed E-state index contributed by atoms with van der Waals surface area (Å²) in [5.74, 6) is 2.18. The monoisotopic (exact) mass is 287 g/mol. The van der Waals surface area contributed by atoms with E-state index in [9.17, 15) is 4.79 Å². The first-order valence-electron chi connectivity index (χ1n) is 6.99. The summed E-state index contributed by atoms with van der Waals surface area (Å²) in [5, 5.41) is 3.77. The highest BCUT2D eigenvalue weighted by Gasteiger charge is 2.35. The normalized spacial score (nSPS) is 14.9. The van der Waals surface area contributed by atoms with E-state index in [1.165, 1.54) is 0 Å². The second-order valence-electron chi connectivity index (χ2n) is 5.04. The quantitative estimate of drug-likeness (QED) is 0.860. The van der Waals surface area contributed by atoms with Crippen molar-refractivity contribution in [2.75, 3.05) is 19.7 Å². The lowest BCUT2D eigenvalue weighted by molar-refractivity contribution is 0.0569. The van der Waals surface area contributed by atoms with Crippen LogP contribution in [0.3, 0.4) is 0 Å². The Labute approximate surface area is 122 Å². The second-order valence-corrected chi connectivity index (χ2v) is 5.04. The van der Waals surface area contributed by atoms with E-state index in [0.717, 1.165) is 5.75 Å². The molecule has 6 heteroatoms. The van der Waals surface area contributed by atoms with Crippen LogP contribution in [0.4, 0.5) is 0 Å². The first-order chi connectivity index (χ1) is 10.2. The average molecular weight is 287 g/mol. The van der Waals surface area contributed by atoms with Gasteiger partial charge >= 0.3 is 0 Å². The molecule has 0 radical (unpaired) electrons. The molecule has 1 saturated heterocycles. The molecule has 2 aromatic rings. The number of nitrogens with zero attached hydrogens (tertiary/aromatic N) is 3. The maximum atomic E-state index is 12.3. The number of carbonyl (C=O) groups excluding carboxylic acids is 1. The molecule has 1 amide bonds. The zero-order chi connectivity index (χ0) is 14.8. The molecule has 0 spiro atoms. The Morgan fingerprint density at radius 3 is 2.67 bits per heavy atom. The predicted octanol–water partition coefficient (Wildman–Crippen LogP) is 2.02. The number of hydrogen-bond acceptors (Lipinski definition) is 5. The fraction of sp³-hybridized carbons (Fsp3) is 0.400. The summed E-state index contributed by atoms with van der Waals surface area (Å²) in [6, 6.07) is 7.21. The summed E-state index contributed by atoms with van der Waals surface area (Å²) in [6.45, 7) is 5.57. The van der Waals surface area contributed by atoms with Crippen molar-refractivity contribution in [1.82, 2.24) is 15.0 Å². The summed E-state index contributed by atoms with van der Waals surface area (Å²) in [6.07, 6.45) is 0. The molecular weight excluding hydrogens is 270 g/mol. The third-order valence-corrected chi connectivity index (χ3v) is 3.47. The van der Waals surface area contributed by atoms with Gasteiger partial charge in [-0.3, -0.25) is 4.79 Å². The smallest absolute Gasteiger partial charge is 0.253 e. The van der Waals surface area contributed by atoms with Crippen LogP contribution in [0.2, 0.25) is 0 Å². The highest BCUT2D eigenvalue weighted by Crippen LogP contribution is 2.27. The maximum absolute atomic E-state index is 12.3. The molecule has 0 saturated carbocycles. The molecule has 0 bridgehead atoms. The van der Waals surface area contributed by atoms with Crippen molar-refractivity contribution in [3.8, 4) is 5.75 Å². The van der Waals surface area contributed by atoms with Crippen LogP contribution in [-0.2, 0) is 0 Å². The summed E-state index contributed by atoms with van der Waals surface area (Å²) >= 11 is 0. The first-order valence-corrected chi connectivity index (χ1v) is 6.99. The Morgan fingerprint density at radius 2 is 2.10 bits per heavy atom. The van der Waals surface area contributed by atoms with Crippen LogP contribution in [0.1, 0.15) is 34.9 Å². The van der Waals surface area contributed by atoms with E-state index >= 15 is 0 Å². The Balaban J connectivity index is 1.60. The largest absolute Gasteiger partial charge is 0.494 e. The molecule has 1 aliphatic heterocycles. The van der Waals surface area contributed by atoms with Crippen LogP contribution in [0.5, 0.6) is 5.75 Å². The lowest BCUT2D eigenvalue weighted by Gasteiger charge is -2.37. The average Bonchev–Trinajstić information content (AvgIpc) is 2.84. The number of benzene rings is 1. The molecule has 6 nitrogen and oxygen atoms in total. The van der Waals surface area contributed by atoms with Gasteiger partial charge < -0.3 is 14.2 Å². The number of hydrogen-bond donors (Lipinski definition) is 0. The fourth-order valence-electron chi connectivity index (χ4n) is 2.32. The molecule has 1 fully saturated rings. The third kappa shape index (κ3) is 2.74. The highest BCUT2D eigenvalue weighted by atomic mass is 16.5. The SMILES string of the molecule is CCOc1ccc(C(=O)N2CC(c3nc(C)no3)C2)cc1. The van der Waals surface area contributed by atoms with E-state index in [1.807, 2.05) is 19.1 Å². The number of likely N-dealkylation sites (tertiary alicyclic amines) is 1. The Morgan fingerprint density at radius 1 is 1.38 bits per heavy atom. The number of rotatable bonds is 4. The second kappa shape index (κ2) is 5.55. The van der Waals surface area contributed by atoms with Gasteiger partial charge in [0.1, 0.15) is 5.75 Å². The molecule has 0 unspecified atom stereocenters. The van der Waals surface area contributed by atoms with Crippen molar-refractivity contribution in [2.45, 2.75) is 19.8 Å². The highest BCUT2D eigenvalue weighted by molar-refractivity contribution is 5.95. The van der Waals surface area contributed by atoms with Crippen molar-refractivity contribution in [2.24, 2.45) is 0 Å². The first kappa shape index (κ1) is 13.6. The van der Waals surface area contributed by atoms with Crippen LogP contribution in [-0.4, -0.2) is 40.6 Å². The van der Waals surface area contributed by atoms with Gasteiger partial charge in [0.15, 0.2) is 5.82 Å².